The molecule has 0 saturated carbocycles. The molecule has 0 atom stereocenters. The highest BCUT2D eigenvalue weighted by Crippen LogP contribution is 2.27. The van der Waals surface area contributed by atoms with Crippen LogP contribution in [0.2, 0.25) is 0 Å². The minimum absolute atomic E-state index is 0.445. The summed E-state index contributed by atoms with van der Waals surface area (Å²) in [5.41, 5.74) is 1.18. The van der Waals surface area contributed by atoms with Crippen LogP contribution in [-0.2, 0) is 0 Å². The molecule has 2 heterocycles. The molecular weight excluding hydrogens is 272 g/mol. The molecule has 0 bridgehead atoms. The van der Waals surface area contributed by atoms with Gasteiger partial charge in [0.25, 0.3) is 0 Å². The van der Waals surface area contributed by atoms with Gasteiger partial charge in [-0.05, 0) is 50.0 Å². The van der Waals surface area contributed by atoms with Gasteiger partial charge in [-0.2, -0.15) is 0 Å². The molecule has 0 aliphatic carbocycles. The summed E-state index contributed by atoms with van der Waals surface area (Å²) in [6.07, 6.45) is 1.93. The Bertz CT molecular complexity index is 630. The van der Waals surface area contributed by atoms with E-state index in [4.69, 9.17) is 0 Å². The van der Waals surface area contributed by atoms with E-state index >= 15 is 0 Å². The molecule has 1 aliphatic heterocycles. The van der Waals surface area contributed by atoms with Gasteiger partial charge in [0.05, 0.1) is 0 Å². The topological polar surface area (TPSA) is 31.4 Å². The molecule has 4 heteroatoms. The van der Waals surface area contributed by atoms with Crippen molar-refractivity contribution in [2.75, 3.05) is 42.9 Å². The second-order valence-electron chi connectivity index (χ2n) is 6.29. The largest absolute Gasteiger partial charge is 0.383 e. The first-order valence-corrected chi connectivity index (χ1v) is 8.30. The third kappa shape index (κ3) is 3.17. The summed E-state index contributed by atoms with van der Waals surface area (Å²) in [5.74, 6) is 1.13. The molecular formula is C18H26N4. The first-order chi connectivity index (χ1) is 10.7. The van der Waals surface area contributed by atoms with Crippen molar-refractivity contribution in [3.8, 4) is 0 Å². The maximum atomic E-state index is 4.66. The fraction of sp³-hybridized carbons (Fsp3) is 0.500. The average molecular weight is 298 g/mol. The van der Waals surface area contributed by atoms with E-state index in [1.54, 1.807) is 0 Å². The highest BCUT2D eigenvalue weighted by atomic mass is 15.3. The van der Waals surface area contributed by atoms with Crippen LogP contribution < -0.4 is 10.2 Å². The molecule has 4 nitrogen and oxygen atoms in total. The number of anilines is 2. The number of pyridine rings is 1. The van der Waals surface area contributed by atoms with E-state index in [0.29, 0.717) is 6.04 Å². The number of hydrogen-bond donors (Lipinski definition) is 1. The molecule has 1 aromatic heterocycles. The molecule has 1 fully saturated rings. The number of rotatable bonds is 4. The van der Waals surface area contributed by atoms with E-state index in [1.807, 2.05) is 6.20 Å². The Morgan fingerprint density at radius 1 is 1.14 bits per heavy atom. The van der Waals surface area contributed by atoms with Gasteiger partial charge >= 0.3 is 0 Å². The summed E-state index contributed by atoms with van der Waals surface area (Å²) in [6, 6.07) is 9.14. The fourth-order valence-corrected chi connectivity index (χ4v) is 3.11. The Hall–Kier alpha value is -1.81. The van der Waals surface area contributed by atoms with Crippen molar-refractivity contribution in [3.05, 3.63) is 30.5 Å². The van der Waals surface area contributed by atoms with Crippen LogP contribution in [0.4, 0.5) is 11.5 Å². The second kappa shape index (κ2) is 6.53. The lowest BCUT2D eigenvalue weighted by atomic mass is 10.1. The van der Waals surface area contributed by atoms with Crippen LogP contribution in [0.3, 0.4) is 0 Å². The van der Waals surface area contributed by atoms with Gasteiger partial charge in [-0.3, -0.25) is 0 Å². The highest BCUT2D eigenvalue weighted by molar-refractivity contribution is 5.94. The Kier molecular flexibility index (Phi) is 4.48. The lowest BCUT2D eigenvalue weighted by Gasteiger charge is -2.35. The Morgan fingerprint density at radius 3 is 2.59 bits per heavy atom. The van der Waals surface area contributed by atoms with E-state index in [2.05, 4.69) is 65.1 Å². The van der Waals surface area contributed by atoms with Gasteiger partial charge in [0.1, 0.15) is 5.82 Å². The number of hydrogen-bond acceptors (Lipinski definition) is 4. The maximum Gasteiger partial charge on any atom is 0.136 e. The zero-order valence-corrected chi connectivity index (χ0v) is 13.8. The summed E-state index contributed by atoms with van der Waals surface area (Å²) >= 11 is 0. The van der Waals surface area contributed by atoms with Gasteiger partial charge in [-0.25, -0.2) is 4.98 Å². The maximum absolute atomic E-state index is 4.66. The van der Waals surface area contributed by atoms with Crippen LogP contribution in [0, 0.1) is 0 Å². The smallest absolute Gasteiger partial charge is 0.136 e. The molecule has 0 amide bonds. The number of benzene rings is 1. The molecule has 3 rings (SSSR count). The summed E-state index contributed by atoms with van der Waals surface area (Å²) < 4.78 is 0. The normalized spacial score (nSPS) is 16.5. The molecule has 1 saturated heterocycles. The van der Waals surface area contributed by atoms with Crippen molar-refractivity contribution >= 4 is 22.3 Å². The number of nitrogens with one attached hydrogen (secondary N) is 1. The van der Waals surface area contributed by atoms with Crippen LogP contribution in [0.25, 0.3) is 10.8 Å². The standard InChI is InChI=1S/C18H26N4/c1-4-21-9-11-22(12-10-21)18-17-6-5-16(20-14(2)3)13-15(17)7-8-19-18/h5-8,13-14,20H,4,9-12H2,1-3H3. The molecule has 1 N–H and O–H groups in total. The van der Waals surface area contributed by atoms with Crippen LogP contribution in [0.5, 0.6) is 0 Å². The zero-order valence-electron chi connectivity index (χ0n) is 13.8. The molecule has 1 aromatic carbocycles. The van der Waals surface area contributed by atoms with E-state index in [1.165, 1.54) is 16.5 Å². The van der Waals surface area contributed by atoms with E-state index in [-0.39, 0.29) is 0 Å². The Balaban J connectivity index is 1.87. The monoisotopic (exact) mass is 298 g/mol. The zero-order chi connectivity index (χ0) is 15.5. The first kappa shape index (κ1) is 15.1. The molecule has 118 valence electrons. The van der Waals surface area contributed by atoms with Crippen LogP contribution in [0.1, 0.15) is 20.8 Å². The Labute approximate surface area is 133 Å². The average Bonchev–Trinajstić information content (AvgIpc) is 2.53. The van der Waals surface area contributed by atoms with E-state index < -0.39 is 0 Å². The third-order valence-electron chi connectivity index (χ3n) is 4.32. The van der Waals surface area contributed by atoms with Crippen molar-refractivity contribution in [3.63, 3.8) is 0 Å². The summed E-state index contributed by atoms with van der Waals surface area (Å²) in [5, 5.41) is 5.98. The molecule has 0 unspecified atom stereocenters. The SMILES string of the molecule is CCN1CCN(c2nccc3cc(NC(C)C)ccc23)CC1. The van der Waals surface area contributed by atoms with Crippen molar-refractivity contribution in [2.45, 2.75) is 26.8 Å². The third-order valence-corrected chi connectivity index (χ3v) is 4.32. The number of aromatic nitrogens is 1. The number of nitrogens with zero attached hydrogens (tertiary/aromatic N) is 3. The predicted molar refractivity (Wildman–Crippen MR) is 94.8 cm³/mol. The van der Waals surface area contributed by atoms with Gasteiger partial charge in [-0.1, -0.05) is 6.92 Å². The predicted octanol–water partition coefficient (Wildman–Crippen LogP) is 3.20. The van der Waals surface area contributed by atoms with Gasteiger partial charge in [0.15, 0.2) is 0 Å². The lowest BCUT2D eigenvalue weighted by Crippen LogP contribution is -2.46. The van der Waals surface area contributed by atoms with Crippen LogP contribution in [-0.4, -0.2) is 48.6 Å². The second-order valence-corrected chi connectivity index (χ2v) is 6.29. The summed E-state index contributed by atoms with van der Waals surface area (Å²) in [7, 11) is 0. The van der Waals surface area contributed by atoms with Crippen molar-refractivity contribution < 1.29 is 0 Å². The fourth-order valence-electron chi connectivity index (χ4n) is 3.11. The van der Waals surface area contributed by atoms with E-state index in [9.17, 15) is 0 Å². The highest BCUT2D eigenvalue weighted by Gasteiger charge is 2.18. The Morgan fingerprint density at radius 2 is 1.91 bits per heavy atom. The quantitative estimate of drug-likeness (QED) is 0.939. The van der Waals surface area contributed by atoms with Crippen LogP contribution in [0.15, 0.2) is 30.5 Å². The number of piperazine rings is 1. The molecule has 0 radical (unpaired) electrons. The lowest BCUT2D eigenvalue weighted by molar-refractivity contribution is 0.271. The molecule has 22 heavy (non-hydrogen) atoms. The summed E-state index contributed by atoms with van der Waals surface area (Å²) in [6.45, 7) is 12.1. The van der Waals surface area contributed by atoms with Crippen molar-refractivity contribution in [2.24, 2.45) is 0 Å². The van der Waals surface area contributed by atoms with Crippen LogP contribution >= 0.6 is 0 Å². The van der Waals surface area contributed by atoms with Gasteiger partial charge < -0.3 is 15.1 Å². The van der Waals surface area contributed by atoms with Crippen molar-refractivity contribution in [1.82, 2.24) is 9.88 Å². The minimum Gasteiger partial charge on any atom is -0.383 e. The first-order valence-electron chi connectivity index (χ1n) is 8.30. The molecule has 1 aliphatic rings. The molecule has 2 aromatic rings. The van der Waals surface area contributed by atoms with Gasteiger partial charge in [0.2, 0.25) is 0 Å². The van der Waals surface area contributed by atoms with Gasteiger partial charge in [-0.15, -0.1) is 0 Å². The number of likely N-dealkylation sites (N-methyl/N-ethyl adjacent to an activating group) is 1. The minimum atomic E-state index is 0.445. The van der Waals surface area contributed by atoms with E-state index in [0.717, 1.165) is 38.5 Å². The molecule has 0 spiro atoms. The summed E-state index contributed by atoms with van der Waals surface area (Å²) in [4.78, 5) is 9.57. The van der Waals surface area contributed by atoms with Crippen molar-refractivity contribution in [1.29, 1.82) is 0 Å². The number of fused-ring (bicyclic) bond motifs is 1. The van der Waals surface area contributed by atoms with Gasteiger partial charge in [0, 0.05) is 49.5 Å².